The summed E-state index contributed by atoms with van der Waals surface area (Å²) in [6.45, 7) is 0. The first-order valence-corrected chi connectivity index (χ1v) is 8.22. The molecule has 1 heterocycles. The monoisotopic (exact) mass is 373 g/mol. The molecule has 1 amide bonds. The zero-order chi connectivity index (χ0) is 15.4. The molecule has 3 aromatic rings. The first kappa shape index (κ1) is 14.7. The van der Waals surface area contributed by atoms with Crippen LogP contribution in [0.5, 0.6) is 0 Å². The lowest BCUT2D eigenvalue weighted by Gasteiger charge is -2.09. The maximum atomic E-state index is 12.3. The highest BCUT2D eigenvalue weighted by Crippen LogP contribution is 2.23. The van der Waals surface area contributed by atoms with E-state index in [1.165, 1.54) is 11.3 Å². The van der Waals surface area contributed by atoms with Crippen LogP contribution in [-0.2, 0) is 0 Å². The van der Waals surface area contributed by atoms with E-state index in [1.54, 1.807) is 18.3 Å². The maximum Gasteiger partial charge on any atom is 0.255 e. The third-order valence-corrected chi connectivity index (χ3v) is 4.31. The van der Waals surface area contributed by atoms with E-state index in [4.69, 9.17) is 0 Å². The van der Waals surface area contributed by atoms with Gasteiger partial charge < -0.3 is 10.6 Å². The Morgan fingerprint density at radius 2 is 2.00 bits per heavy atom. The summed E-state index contributed by atoms with van der Waals surface area (Å²) in [7, 11) is 0. The fourth-order valence-corrected chi connectivity index (χ4v) is 2.84. The van der Waals surface area contributed by atoms with Crippen LogP contribution >= 0.6 is 27.3 Å². The Bertz CT molecular complexity index is 790. The number of carbonyl (C=O) groups excluding carboxylic acids is 1. The summed E-state index contributed by atoms with van der Waals surface area (Å²) in [5.41, 5.74) is 2.15. The van der Waals surface area contributed by atoms with Crippen molar-refractivity contribution in [3.63, 3.8) is 0 Å². The van der Waals surface area contributed by atoms with Crippen molar-refractivity contribution in [3.05, 3.63) is 70.1 Å². The standard InChI is InChI=1S/C16H12BrN3OS/c17-13-6-1-2-7-14(13)20-15(21)11-4-3-5-12(10-11)19-16-18-8-9-22-16/h1-10H,(H,18,19)(H,20,21). The first-order chi connectivity index (χ1) is 10.7. The molecular formula is C16H12BrN3OS. The lowest BCUT2D eigenvalue weighted by molar-refractivity contribution is 0.102. The summed E-state index contributed by atoms with van der Waals surface area (Å²) >= 11 is 4.93. The molecule has 0 fully saturated rings. The second-order valence-corrected chi connectivity index (χ2v) is 6.23. The van der Waals surface area contributed by atoms with Gasteiger partial charge in [0, 0.05) is 27.3 Å². The Kier molecular flexibility index (Phi) is 4.50. The van der Waals surface area contributed by atoms with Crippen LogP contribution in [0.25, 0.3) is 0 Å². The normalized spacial score (nSPS) is 10.2. The second kappa shape index (κ2) is 6.72. The summed E-state index contributed by atoms with van der Waals surface area (Å²) in [4.78, 5) is 16.5. The second-order valence-electron chi connectivity index (χ2n) is 4.48. The number of anilines is 3. The molecule has 4 nitrogen and oxygen atoms in total. The van der Waals surface area contributed by atoms with E-state index in [-0.39, 0.29) is 5.91 Å². The molecule has 0 aliphatic carbocycles. The van der Waals surface area contributed by atoms with Gasteiger partial charge in [0.15, 0.2) is 5.13 Å². The molecule has 0 unspecified atom stereocenters. The minimum absolute atomic E-state index is 0.158. The van der Waals surface area contributed by atoms with Gasteiger partial charge in [-0.15, -0.1) is 11.3 Å². The van der Waals surface area contributed by atoms with Crippen molar-refractivity contribution < 1.29 is 4.79 Å². The fourth-order valence-electron chi connectivity index (χ4n) is 1.90. The van der Waals surface area contributed by atoms with E-state index in [0.29, 0.717) is 5.56 Å². The number of carbonyl (C=O) groups is 1. The Balaban J connectivity index is 1.77. The number of nitrogens with one attached hydrogen (secondary N) is 2. The van der Waals surface area contributed by atoms with Crippen LogP contribution < -0.4 is 10.6 Å². The molecule has 0 aliphatic heterocycles. The fraction of sp³-hybridized carbons (Fsp3) is 0. The van der Waals surface area contributed by atoms with Gasteiger partial charge in [-0.3, -0.25) is 4.79 Å². The number of thiazole rings is 1. The number of nitrogens with zero attached hydrogens (tertiary/aromatic N) is 1. The van der Waals surface area contributed by atoms with Gasteiger partial charge in [-0.05, 0) is 46.3 Å². The van der Waals surface area contributed by atoms with Crippen molar-refractivity contribution in [3.8, 4) is 0 Å². The Morgan fingerprint density at radius 1 is 1.14 bits per heavy atom. The van der Waals surface area contributed by atoms with Crippen LogP contribution in [0.2, 0.25) is 0 Å². The average molecular weight is 374 g/mol. The molecule has 0 atom stereocenters. The van der Waals surface area contributed by atoms with E-state index < -0.39 is 0 Å². The van der Waals surface area contributed by atoms with Crippen LogP contribution in [0.3, 0.4) is 0 Å². The van der Waals surface area contributed by atoms with Crippen molar-refractivity contribution in [1.82, 2.24) is 4.98 Å². The number of benzene rings is 2. The number of rotatable bonds is 4. The van der Waals surface area contributed by atoms with E-state index in [0.717, 1.165) is 21.0 Å². The van der Waals surface area contributed by atoms with Crippen LogP contribution in [0.1, 0.15) is 10.4 Å². The number of para-hydroxylation sites is 1. The van der Waals surface area contributed by atoms with Crippen LogP contribution in [-0.4, -0.2) is 10.9 Å². The molecule has 0 saturated heterocycles. The molecule has 2 N–H and O–H groups in total. The molecule has 0 aliphatic rings. The molecular weight excluding hydrogens is 362 g/mol. The van der Waals surface area contributed by atoms with Gasteiger partial charge in [0.25, 0.3) is 5.91 Å². The molecule has 22 heavy (non-hydrogen) atoms. The molecule has 0 saturated carbocycles. The van der Waals surface area contributed by atoms with Gasteiger partial charge in [0.2, 0.25) is 0 Å². The lowest BCUT2D eigenvalue weighted by Crippen LogP contribution is -2.12. The quantitative estimate of drug-likeness (QED) is 0.683. The van der Waals surface area contributed by atoms with Gasteiger partial charge in [0.05, 0.1) is 5.69 Å². The van der Waals surface area contributed by atoms with Gasteiger partial charge in [0.1, 0.15) is 0 Å². The molecule has 6 heteroatoms. The van der Waals surface area contributed by atoms with E-state index in [9.17, 15) is 4.79 Å². The summed E-state index contributed by atoms with van der Waals surface area (Å²) in [5.74, 6) is -0.158. The van der Waals surface area contributed by atoms with Crippen molar-refractivity contribution in [2.24, 2.45) is 0 Å². The zero-order valence-corrected chi connectivity index (χ0v) is 13.8. The van der Waals surface area contributed by atoms with Crippen molar-refractivity contribution in [2.75, 3.05) is 10.6 Å². The summed E-state index contributed by atoms with van der Waals surface area (Å²) in [5, 5.41) is 8.75. The maximum absolute atomic E-state index is 12.3. The smallest absolute Gasteiger partial charge is 0.255 e. The van der Waals surface area contributed by atoms with Crippen molar-refractivity contribution in [1.29, 1.82) is 0 Å². The van der Waals surface area contributed by atoms with Gasteiger partial charge >= 0.3 is 0 Å². The Hall–Kier alpha value is -2.18. The van der Waals surface area contributed by atoms with E-state index >= 15 is 0 Å². The third-order valence-electron chi connectivity index (χ3n) is 2.93. The molecule has 1 aromatic heterocycles. The molecule has 2 aromatic carbocycles. The van der Waals surface area contributed by atoms with Crippen LogP contribution in [0, 0.1) is 0 Å². The highest BCUT2D eigenvalue weighted by molar-refractivity contribution is 9.10. The summed E-state index contributed by atoms with van der Waals surface area (Å²) in [6, 6.07) is 14.8. The third kappa shape index (κ3) is 3.52. The van der Waals surface area contributed by atoms with Crippen molar-refractivity contribution in [2.45, 2.75) is 0 Å². The largest absolute Gasteiger partial charge is 0.332 e. The average Bonchev–Trinajstić information content (AvgIpc) is 3.03. The molecule has 110 valence electrons. The minimum Gasteiger partial charge on any atom is -0.332 e. The predicted octanol–water partition coefficient (Wildman–Crippen LogP) is 4.90. The van der Waals surface area contributed by atoms with Gasteiger partial charge in [-0.2, -0.15) is 0 Å². The summed E-state index contributed by atoms with van der Waals surface area (Å²) < 4.78 is 0.848. The highest BCUT2D eigenvalue weighted by Gasteiger charge is 2.09. The zero-order valence-electron chi connectivity index (χ0n) is 11.4. The number of aromatic nitrogens is 1. The number of hydrogen-bond donors (Lipinski definition) is 2. The van der Waals surface area contributed by atoms with Crippen molar-refractivity contribution >= 4 is 49.7 Å². The van der Waals surface area contributed by atoms with E-state index in [2.05, 4.69) is 31.5 Å². The Labute approximate surface area is 140 Å². The number of amides is 1. The van der Waals surface area contributed by atoms with Gasteiger partial charge in [-0.25, -0.2) is 4.98 Å². The Morgan fingerprint density at radius 3 is 2.77 bits per heavy atom. The number of hydrogen-bond acceptors (Lipinski definition) is 4. The molecule has 0 radical (unpaired) electrons. The van der Waals surface area contributed by atoms with E-state index in [1.807, 2.05) is 41.8 Å². The highest BCUT2D eigenvalue weighted by atomic mass is 79.9. The minimum atomic E-state index is -0.158. The SMILES string of the molecule is O=C(Nc1ccccc1Br)c1cccc(Nc2nccs2)c1. The topological polar surface area (TPSA) is 54.0 Å². The lowest BCUT2D eigenvalue weighted by atomic mass is 10.2. The van der Waals surface area contributed by atoms with Crippen LogP contribution in [0.15, 0.2) is 64.6 Å². The number of halogens is 1. The molecule has 0 bridgehead atoms. The molecule has 3 rings (SSSR count). The predicted molar refractivity (Wildman–Crippen MR) is 93.9 cm³/mol. The van der Waals surface area contributed by atoms with Crippen LogP contribution in [0.4, 0.5) is 16.5 Å². The summed E-state index contributed by atoms with van der Waals surface area (Å²) in [6.07, 6.45) is 1.73. The first-order valence-electron chi connectivity index (χ1n) is 6.55. The van der Waals surface area contributed by atoms with Gasteiger partial charge in [-0.1, -0.05) is 18.2 Å². The molecule has 0 spiro atoms.